The van der Waals surface area contributed by atoms with E-state index >= 15 is 0 Å². The fourth-order valence-corrected chi connectivity index (χ4v) is 3.95. The van der Waals surface area contributed by atoms with E-state index in [0.717, 1.165) is 35.1 Å². The van der Waals surface area contributed by atoms with Gasteiger partial charge in [0.15, 0.2) is 11.7 Å². The number of ether oxygens (including phenoxy) is 1. The molecule has 0 spiro atoms. The van der Waals surface area contributed by atoms with E-state index in [1.165, 1.54) is 12.8 Å². The van der Waals surface area contributed by atoms with Crippen LogP contribution in [0.3, 0.4) is 0 Å². The van der Waals surface area contributed by atoms with Crippen LogP contribution in [0.1, 0.15) is 48.9 Å². The van der Waals surface area contributed by atoms with Gasteiger partial charge in [0.1, 0.15) is 6.10 Å². The normalized spacial score (nSPS) is 15.4. The number of halogens is 3. The average Bonchev–Trinajstić information content (AvgIpc) is 3.38. The number of nitrogens with zero attached hydrogens (tertiary/aromatic N) is 3. The lowest BCUT2D eigenvalue weighted by molar-refractivity contribution is -0.140. The molecular weight excluding hydrogens is 415 g/mol. The predicted molar refractivity (Wildman–Crippen MR) is 111 cm³/mol. The van der Waals surface area contributed by atoms with Crippen molar-refractivity contribution in [2.45, 2.75) is 57.9 Å². The van der Waals surface area contributed by atoms with E-state index in [0.29, 0.717) is 42.9 Å². The van der Waals surface area contributed by atoms with Gasteiger partial charge in [-0.3, -0.25) is 0 Å². The van der Waals surface area contributed by atoms with E-state index in [2.05, 4.69) is 25.6 Å². The fourth-order valence-electron chi connectivity index (χ4n) is 3.15. The summed E-state index contributed by atoms with van der Waals surface area (Å²) in [6.45, 7) is 3.50. The Hall–Kier alpha value is -2.36. The van der Waals surface area contributed by atoms with E-state index in [9.17, 15) is 13.2 Å². The number of thiazole rings is 1. The highest BCUT2D eigenvalue weighted by atomic mass is 32.1. The molecule has 2 aromatic rings. The quantitative estimate of drug-likeness (QED) is 0.475. The second kappa shape index (κ2) is 10.6. The molecule has 0 bridgehead atoms. The Morgan fingerprint density at radius 3 is 2.80 bits per heavy atom. The fraction of sp³-hybridized carbons (Fsp3) is 0.550. The second-order valence-electron chi connectivity index (χ2n) is 7.02. The molecule has 0 atom stereocenters. The van der Waals surface area contributed by atoms with Gasteiger partial charge in [-0.15, -0.1) is 11.3 Å². The number of aliphatic imine (C=N–C) groups is 1. The Kier molecular flexibility index (Phi) is 7.89. The van der Waals surface area contributed by atoms with Crippen LogP contribution in [0.25, 0.3) is 0 Å². The second-order valence-corrected chi connectivity index (χ2v) is 7.97. The number of pyridine rings is 1. The topological polar surface area (TPSA) is 71.4 Å². The van der Waals surface area contributed by atoms with E-state index in [-0.39, 0.29) is 6.10 Å². The molecule has 0 aromatic carbocycles. The molecule has 164 valence electrons. The van der Waals surface area contributed by atoms with E-state index < -0.39 is 11.9 Å². The number of hydrogen-bond donors (Lipinski definition) is 2. The predicted octanol–water partition coefficient (Wildman–Crippen LogP) is 4.18. The average molecular weight is 442 g/mol. The summed E-state index contributed by atoms with van der Waals surface area (Å²) in [5.41, 5.74) is 0.140. The molecule has 2 N–H and O–H groups in total. The molecule has 1 fully saturated rings. The molecule has 0 radical (unpaired) electrons. The first-order valence-electron chi connectivity index (χ1n) is 10.1. The van der Waals surface area contributed by atoms with Gasteiger partial charge in [-0.2, -0.15) is 13.2 Å². The largest absolute Gasteiger partial charge is 0.474 e. The highest BCUT2D eigenvalue weighted by Gasteiger charge is 2.33. The molecule has 6 nitrogen and oxygen atoms in total. The maximum Gasteiger partial charge on any atom is 0.434 e. The molecule has 3 rings (SSSR count). The first-order valence-corrected chi connectivity index (χ1v) is 11.0. The van der Waals surface area contributed by atoms with Crippen molar-refractivity contribution < 1.29 is 17.9 Å². The van der Waals surface area contributed by atoms with Crippen molar-refractivity contribution in [1.82, 2.24) is 20.6 Å². The summed E-state index contributed by atoms with van der Waals surface area (Å²) in [5.74, 6) is 1.22. The summed E-state index contributed by atoms with van der Waals surface area (Å²) in [6, 6.07) is 3.79. The van der Waals surface area contributed by atoms with Gasteiger partial charge in [0, 0.05) is 37.2 Å². The third-order valence-electron chi connectivity index (χ3n) is 4.63. The van der Waals surface area contributed by atoms with Crippen molar-refractivity contribution in [3.63, 3.8) is 0 Å². The molecule has 2 heterocycles. The van der Waals surface area contributed by atoms with Crippen molar-refractivity contribution in [3.05, 3.63) is 40.0 Å². The molecule has 0 aliphatic heterocycles. The van der Waals surface area contributed by atoms with Crippen LogP contribution >= 0.6 is 11.3 Å². The van der Waals surface area contributed by atoms with Gasteiger partial charge in [-0.25, -0.2) is 15.0 Å². The van der Waals surface area contributed by atoms with Gasteiger partial charge in [-0.05, 0) is 44.2 Å². The van der Waals surface area contributed by atoms with Gasteiger partial charge in [0.2, 0.25) is 5.88 Å². The first kappa shape index (κ1) is 22.3. The zero-order chi connectivity index (χ0) is 21.4. The summed E-state index contributed by atoms with van der Waals surface area (Å²) in [4.78, 5) is 12.5. The first-order chi connectivity index (χ1) is 14.4. The number of aromatic nitrogens is 2. The molecule has 30 heavy (non-hydrogen) atoms. The monoisotopic (exact) mass is 441 g/mol. The van der Waals surface area contributed by atoms with Gasteiger partial charge in [-0.1, -0.05) is 0 Å². The lowest BCUT2D eigenvalue weighted by atomic mass is 10.2. The lowest BCUT2D eigenvalue weighted by Gasteiger charge is -2.13. The zero-order valence-corrected chi connectivity index (χ0v) is 17.7. The Bertz CT molecular complexity index is 834. The third-order valence-corrected chi connectivity index (χ3v) is 5.53. The molecule has 0 amide bonds. The van der Waals surface area contributed by atoms with Crippen molar-refractivity contribution in [2.75, 3.05) is 13.1 Å². The number of alkyl halides is 3. The summed E-state index contributed by atoms with van der Waals surface area (Å²) in [6.07, 6.45) is 2.50. The highest BCUT2D eigenvalue weighted by Crippen LogP contribution is 2.30. The van der Waals surface area contributed by atoms with Crippen LogP contribution in [0.2, 0.25) is 0 Å². The molecule has 0 unspecified atom stereocenters. The molecule has 2 aromatic heterocycles. The van der Waals surface area contributed by atoms with Crippen molar-refractivity contribution in [3.8, 4) is 5.88 Å². The molecule has 1 aliphatic rings. The van der Waals surface area contributed by atoms with Crippen LogP contribution in [-0.2, 0) is 19.1 Å². The van der Waals surface area contributed by atoms with Crippen LogP contribution in [0, 0.1) is 0 Å². The van der Waals surface area contributed by atoms with Crippen LogP contribution in [0.4, 0.5) is 13.2 Å². The summed E-state index contributed by atoms with van der Waals surface area (Å²) in [5, 5.41) is 7.76. The number of rotatable bonds is 8. The van der Waals surface area contributed by atoms with Gasteiger partial charge < -0.3 is 15.4 Å². The van der Waals surface area contributed by atoms with E-state index in [1.54, 1.807) is 6.20 Å². The Morgan fingerprint density at radius 2 is 2.10 bits per heavy atom. The Labute approximate surface area is 178 Å². The summed E-state index contributed by atoms with van der Waals surface area (Å²) in [7, 11) is 0. The minimum Gasteiger partial charge on any atom is -0.474 e. The zero-order valence-electron chi connectivity index (χ0n) is 16.8. The van der Waals surface area contributed by atoms with Crippen LogP contribution < -0.4 is 15.4 Å². The van der Waals surface area contributed by atoms with Gasteiger partial charge in [0.25, 0.3) is 0 Å². The SMILES string of the molecule is CCNC(=NCc1ccnc(OC2CCCC2)c1)NCCc1nc(C(F)(F)F)cs1. The van der Waals surface area contributed by atoms with Gasteiger partial charge >= 0.3 is 6.18 Å². The van der Waals surface area contributed by atoms with E-state index in [1.807, 2.05) is 19.1 Å². The highest BCUT2D eigenvalue weighted by molar-refractivity contribution is 7.09. The van der Waals surface area contributed by atoms with Crippen molar-refractivity contribution >= 4 is 17.3 Å². The molecule has 1 saturated carbocycles. The van der Waals surface area contributed by atoms with Crippen molar-refractivity contribution in [2.24, 2.45) is 4.99 Å². The molecule has 1 aliphatic carbocycles. The molecule has 0 saturated heterocycles. The third kappa shape index (κ3) is 6.86. The van der Waals surface area contributed by atoms with Crippen LogP contribution in [0.5, 0.6) is 5.88 Å². The Balaban J connectivity index is 1.52. The molecular formula is C20H26F3N5OS. The van der Waals surface area contributed by atoms with E-state index in [4.69, 9.17) is 4.74 Å². The van der Waals surface area contributed by atoms with Crippen LogP contribution in [-0.4, -0.2) is 35.1 Å². The summed E-state index contributed by atoms with van der Waals surface area (Å²) < 4.78 is 43.9. The number of hydrogen-bond acceptors (Lipinski definition) is 5. The smallest absolute Gasteiger partial charge is 0.434 e. The lowest BCUT2D eigenvalue weighted by Crippen LogP contribution is -2.38. The maximum absolute atomic E-state index is 12.6. The van der Waals surface area contributed by atoms with Crippen molar-refractivity contribution in [1.29, 1.82) is 0 Å². The minimum absolute atomic E-state index is 0.249. The standard InChI is InChI=1S/C20H26F3N5OS/c1-2-24-19(26-10-8-18-28-16(13-30-18)20(21,22)23)27-12-14-7-9-25-17(11-14)29-15-5-3-4-6-15/h7,9,11,13,15H,2-6,8,10,12H2,1H3,(H2,24,26,27). The minimum atomic E-state index is -4.40. The maximum atomic E-state index is 12.6. The Morgan fingerprint density at radius 1 is 1.30 bits per heavy atom. The number of nitrogens with one attached hydrogen (secondary N) is 2. The van der Waals surface area contributed by atoms with Crippen LogP contribution in [0.15, 0.2) is 28.7 Å². The van der Waals surface area contributed by atoms with Gasteiger partial charge in [0.05, 0.1) is 11.6 Å². The summed E-state index contributed by atoms with van der Waals surface area (Å²) >= 11 is 1.01. The number of guanidine groups is 1. The molecule has 10 heteroatoms.